The van der Waals surface area contributed by atoms with Crippen LogP contribution in [0.1, 0.15) is 24.2 Å². The number of nitrogen functional groups attached to an aromatic ring is 1. The Hall–Kier alpha value is -2.09. The van der Waals surface area contributed by atoms with Crippen molar-refractivity contribution in [3.05, 3.63) is 28.2 Å². The summed E-state index contributed by atoms with van der Waals surface area (Å²) in [5, 5.41) is 4.45. The summed E-state index contributed by atoms with van der Waals surface area (Å²) >= 11 is 3.21. The van der Waals surface area contributed by atoms with Crippen molar-refractivity contribution in [3.63, 3.8) is 0 Å². The van der Waals surface area contributed by atoms with Gasteiger partial charge < -0.3 is 15.8 Å². The van der Waals surface area contributed by atoms with E-state index in [1.165, 1.54) is 13.0 Å². The van der Waals surface area contributed by atoms with Gasteiger partial charge in [-0.2, -0.15) is 0 Å². The lowest BCUT2D eigenvalue weighted by Gasteiger charge is -2.14. The van der Waals surface area contributed by atoms with Crippen molar-refractivity contribution in [2.45, 2.75) is 20.0 Å². The van der Waals surface area contributed by atoms with Gasteiger partial charge in [0.05, 0.1) is 5.56 Å². The van der Waals surface area contributed by atoms with Gasteiger partial charge in [-0.15, -0.1) is 0 Å². The van der Waals surface area contributed by atoms with Gasteiger partial charge in [0.2, 0.25) is 0 Å². The van der Waals surface area contributed by atoms with Crippen LogP contribution in [0.4, 0.5) is 10.5 Å². The second-order valence-electron chi connectivity index (χ2n) is 4.13. The quantitative estimate of drug-likeness (QED) is 0.557. The largest absolute Gasteiger partial charge is 0.449 e. The third-order valence-electron chi connectivity index (χ3n) is 2.46. The van der Waals surface area contributed by atoms with E-state index in [4.69, 9.17) is 10.5 Å². The molecular weight excluding hydrogens is 342 g/mol. The molecule has 0 aliphatic carbocycles. The highest BCUT2D eigenvalue weighted by molar-refractivity contribution is 9.10. The van der Waals surface area contributed by atoms with E-state index in [1.807, 2.05) is 0 Å². The Morgan fingerprint density at radius 1 is 1.38 bits per heavy atom. The Morgan fingerprint density at radius 2 is 2.05 bits per heavy atom. The SMILES string of the molecule is CCNC(=O)NC(=O)[C@@H](C)OC(=O)c1cc(Br)ccc1N. The van der Waals surface area contributed by atoms with Crippen LogP contribution in [0.2, 0.25) is 0 Å². The summed E-state index contributed by atoms with van der Waals surface area (Å²) in [6.45, 7) is 3.45. The molecule has 114 valence electrons. The maximum Gasteiger partial charge on any atom is 0.341 e. The zero-order chi connectivity index (χ0) is 16.0. The molecule has 0 unspecified atom stereocenters. The van der Waals surface area contributed by atoms with Gasteiger partial charge in [-0.25, -0.2) is 9.59 Å². The highest BCUT2D eigenvalue weighted by atomic mass is 79.9. The molecule has 1 aromatic carbocycles. The van der Waals surface area contributed by atoms with E-state index in [2.05, 4.69) is 26.6 Å². The van der Waals surface area contributed by atoms with Crippen molar-refractivity contribution >= 4 is 39.5 Å². The number of amides is 3. The molecular formula is C13H16BrN3O4. The molecule has 0 heterocycles. The summed E-state index contributed by atoms with van der Waals surface area (Å²) in [5.41, 5.74) is 6.05. The van der Waals surface area contributed by atoms with Crippen molar-refractivity contribution in [1.29, 1.82) is 0 Å². The molecule has 1 aromatic rings. The van der Waals surface area contributed by atoms with Gasteiger partial charge in [0.1, 0.15) is 0 Å². The standard InChI is InChI=1S/C13H16BrN3O4/c1-3-16-13(20)17-11(18)7(2)21-12(19)9-6-8(14)4-5-10(9)15/h4-7H,3,15H2,1-2H3,(H2,16,17,18,20)/t7-/m1/s1. The van der Waals surface area contributed by atoms with Crippen molar-refractivity contribution in [1.82, 2.24) is 10.6 Å². The number of anilines is 1. The maximum atomic E-state index is 11.9. The number of nitrogens with one attached hydrogen (secondary N) is 2. The van der Waals surface area contributed by atoms with Gasteiger partial charge in [0.25, 0.3) is 5.91 Å². The summed E-state index contributed by atoms with van der Waals surface area (Å²) < 4.78 is 5.64. The molecule has 0 radical (unpaired) electrons. The zero-order valence-corrected chi connectivity index (χ0v) is 13.2. The fourth-order valence-electron chi connectivity index (χ4n) is 1.40. The first kappa shape index (κ1) is 17.0. The Balaban J connectivity index is 2.67. The molecule has 4 N–H and O–H groups in total. The van der Waals surface area contributed by atoms with E-state index in [1.54, 1.807) is 19.1 Å². The van der Waals surface area contributed by atoms with Crippen molar-refractivity contribution < 1.29 is 19.1 Å². The summed E-state index contributed by atoms with van der Waals surface area (Å²) in [5.74, 6) is -1.46. The molecule has 8 heteroatoms. The van der Waals surface area contributed by atoms with Gasteiger partial charge in [-0.3, -0.25) is 10.1 Å². The first-order chi connectivity index (χ1) is 9.85. The minimum absolute atomic E-state index is 0.141. The molecule has 0 aliphatic rings. The van der Waals surface area contributed by atoms with Crippen molar-refractivity contribution in [2.24, 2.45) is 0 Å². The molecule has 1 atom stereocenters. The van der Waals surface area contributed by atoms with Crippen LogP contribution in [0.3, 0.4) is 0 Å². The van der Waals surface area contributed by atoms with Crippen molar-refractivity contribution in [2.75, 3.05) is 12.3 Å². The third-order valence-corrected chi connectivity index (χ3v) is 2.96. The monoisotopic (exact) mass is 357 g/mol. The molecule has 0 saturated carbocycles. The lowest BCUT2D eigenvalue weighted by atomic mass is 10.2. The zero-order valence-electron chi connectivity index (χ0n) is 11.6. The topological polar surface area (TPSA) is 111 Å². The third kappa shape index (κ3) is 5.07. The molecule has 0 bridgehead atoms. The molecule has 0 aliphatic heterocycles. The lowest BCUT2D eigenvalue weighted by molar-refractivity contribution is -0.127. The summed E-state index contributed by atoms with van der Waals surface area (Å²) in [4.78, 5) is 34.8. The predicted molar refractivity (Wildman–Crippen MR) is 80.6 cm³/mol. The number of rotatable bonds is 4. The fraction of sp³-hybridized carbons (Fsp3) is 0.308. The van der Waals surface area contributed by atoms with E-state index in [0.717, 1.165) is 0 Å². The van der Waals surface area contributed by atoms with Crippen LogP contribution in [0, 0.1) is 0 Å². The number of hydrogen-bond acceptors (Lipinski definition) is 5. The molecule has 0 spiro atoms. The number of imide groups is 1. The van der Waals surface area contributed by atoms with Crippen LogP contribution < -0.4 is 16.4 Å². The van der Waals surface area contributed by atoms with Gasteiger partial charge in [-0.1, -0.05) is 15.9 Å². The van der Waals surface area contributed by atoms with E-state index in [0.29, 0.717) is 11.0 Å². The minimum Gasteiger partial charge on any atom is -0.449 e. The molecule has 7 nitrogen and oxygen atoms in total. The molecule has 0 fully saturated rings. The van der Waals surface area contributed by atoms with Crippen LogP contribution in [0.25, 0.3) is 0 Å². The Labute approximate surface area is 130 Å². The van der Waals surface area contributed by atoms with Crippen LogP contribution in [0.5, 0.6) is 0 Å². The normalized spacial score (nSPS) is 11.4. The summed E-state index contributed by atoms with van der Waals surface area (Å²) in [6, 6.07) is 4.07. The number of nitrogens with two attached hydrogens (primary N) is 1. The van der Waals surface area contributed by atoms with Crippen molar-refractivity contribution in [3.8, 4) is 0 Å². The average molecular weight is 358 g/mol. The first-order valence-corrected chi connectivity index (χ1v) is 6.99. The second kappa shape index (κ2) is 7.63. The molecule has 21 heavy (non-hydrogen) atoms. The minimum atomic E-state index is -1.13. The highest BCUT2D eigenvalue weighted by Gasteiger charge is 2.21. The van der Waals surface area contributed by atoms with Gasteiger partial charge in [0.15, 0.2) is 6.10 Å². The summed E-state index contributed by atoms with van der Waals surface area (Å²) in [7, 11) is 0. The predicted octanol–water partition coefficient (Wildman–Crippen LogP) is 1.42. The van der Waals surface area contributed by atoms with Crippen LogP contribution in [-0.2, 0) is 9.53 Å². The Kier molecular flexibility index (Phi) is 6.16. The van der Waals surface area contributed by atoms with E-state index < -0.39 is 24.0 Å². The van der Waals surface area contributed by atoms with Gasteiger partial charge in [-0.05, 0) is 32.0 Å². The number of urea groups is 1. The van der Waals surface area contributed by atoms with E-state index in [9.17, 15) is 14.4 Å². The number of halogens is 1. The molecule has 1 rings (SSSR count). The van der Waals surface area contributed by atoms with Gasteiger partial charge in [0, 0.05) is 16.7 Å². The number of hydrogen-bond donors (Lipinski definition) is 3. The average Bonchev–Trinajstić information content (AvgIpc) is 2.41. The van der Waals surface area contributed by atoms with Crippen LogP contribution >= 0.6 is 15.9 Å². The Bertz CT molecular complexity index is 562. The maximum absolute atomic E-state index is 11.9. The fourth-order valence-corrected chi connectivity index (χ4v) is 1.76. The number of esters is 1. The Morgan fingerprint density at radius 3 is 2.67 bits per heavy atom. The molecule has 0 saturated heterocycles. The number of benzene rings is 1. The number of carbonyl (C=O) groups excluding carboxylic acids is 3. The van der Waals surface area contributed by atoms with Gasteiger partial charge >= 0.3 is 12.0 Å². The first-order valence-electron chi connectivity index (χ1n) is 6.19. The molecule has 3 amide bonds. The molecule has 0 aromatic heterocycles. The van der Waals surface area contributed by atoms with Crippen LogP contribution in [-0.4, -0.2) is 30.6 Å². The smallest absolute Gasteiger partial charge is 0.341 e. The van der Waals surface area contributed by atoms with Crippen LogP contribution in [0.15, 0.2) is 22.7 Å². The van der Waals surface area contributed by atoms with E-state index in [-0.39, 0.29) is 11.3 Å². The highest BCUT2D eigenvalue weighted by Crippen LogP contribution is 2.19. The summed E-state index contributed by atoms with van der Waals surface area (Å²) in [6.07, 6.45) is -1.13. The second-order valence-corrected chi connectivity index (χ2v) is 5.04. The number of ether oxygens (including phenoxy) is 1. The van der Waals surface area contributed by atoms with E-state index >= 15 is 0 Å². The number of carbonyl (C=O) groups is 3. The lowest BCUT2D eigenvalue weighted by Crippen LogP contribution is -2.44.